The summed E-state index contributed by atoms with van der Waals surface area (Å²) in [4.78, 5) is 22.7. The van der Waals surface area contributed by atoms with Crippen molar-refractivity contribution in [1.82, 2.24) is 25.3 Å². The maximum Gasteiger partial charge on any atom is 0.249 e. The van der Waals surface area contributed by atoms with E-state index in [4.69, 9.17) is 14.5 Å². The van der Waals surface area contributed by atoms with Gasteiger partial charge in [0.2, 0.25) is 5.95 Å². The highest BCUT2D eigenvalue weighted by atomic mass is 16.5. The SMILES string of the molecule is COCC(C)NC1CCC(=Nc2nccc(-c3nccc(NCC4(C#N)CCOCC4)n3)n2)CC1. The van der Waals surface area contributed by atoms with Crippen LogP contribution >= 0.6 is 0 Å². The first-order chi connectivity index (χ1) is 17.1. The molecule has 2 aliphatic rings. The lowest BCUT2D eigenvalue weighted by Crippen LogP contribution is -2.41. The zero-order valence-electron chi connectivity index (χ0n) is 20.5. The van der Waals surface area contributed by atoms with Crippen molar-refractivity contribution in [1.29, 1.82) is 5.26 Å². The molecule has 1 aliphatic heterocycles. The van der Waals surface area contributed by atoms with Crippen LogP contribution in [0.25, 0.3) is 11.5 Å². The van der Waals surface area contributed by atoms with E-state index in [0.29, 0.717) is 74.6 Å². The van der Waals surface area contributed by atoms with Crippen LogP contribution in [0.1, 0.15) is 45.4 Å². The van der Waals surface area contributed by atoms with Gasteiger partial charge in [0.1, 0.15) is 11.5 Å². The van der Waals surface area contributed by atoms with Gasteiger partial charge in [-0.3, -0.25) is 0 Å². The number of aliphatic imine (C=N–C) groups is 1. The van der Waals surface area contributed by atoms with Gasteiger partial charge in [0.25, 0.3) is 0 Å². The van der Waals surface area contributed by atoms with Crippen molar-refractivity contribution in [2.45, 2.75) is 57.5 Å². The quantitative estimate of drug-likeness (QED) is 0.557. The Balaban J connectivity index is 1.38. The van der Waals surface area contributed by atoms with Crippen LogP contribution in [0, 0.1) is 16.7 Å². The first kappa shape index (κ1) is 25.1. The molecule has 2 N–H and O–H groups in total. The minimum Gasteiger partial charge on any atom is -0.383 e. The van der Waals surface area contributed by atoms with Gasteiger partial charge in [-0.2, -0.15) is 5.26 Å². The molecule has 4 rings (SSSR count). The molecule has 1 saturated heterocycles. The molecule has 0 radical (unpaired) electrons. The van der Waals surface area contributed by atoms with Gasteiger partial charge in [0.15, 0.2) is 5.82 Å². The number of methoxy groups -OCH3 is 1. The van der Waals surface area contributed by atoms with Gasteiger partial charge >= 0.3 is 0 Å². The number of hydrogen-bond donors (Lipinski definition) is 2. The van der Waals surface area contributed by atoms with Gasteiger partial charge in [-0.15, -0.1) is 0 Å². The fourth-order valence-electron chi connectivity index (χ4n) is 4.53. The average Bonchev–Trinajstić information content (AvgIpc) is 2.90. The maximum absolute atomic E-state index is 9.68. The summed E-state index contributed by atoms with van der Waals surface area (Å²) >= 11 is 0. The Hall–Kier alpha value is -3.00. The van der Waals surface area contributed by atoms with Crippen LogP contribution in [-0.2, 0) is 9.47 Å². The summed E-state index contributed by atoms with van der Waals surface area (Å²) in [5, 5.41) is 16.6. The third kappa shape index (κ3) is 7.01. The summed E-state index contributed by atoms with van der Waals surface area (Å²) in [5.74, 6) is 1.59. The third-order valence-electron chi connectivity index (χ3n) is 6.58. The van der Waals surface area contributed by atoms with Crippen molar-refractivity contribution < 1.29 is 9.47 Å². The molecule has 1 saturated carbocycles. The molecule has 0 spiro atoms. The van der Waals surface area contributed by atoms with E-state index in [1.807, 2.05) is 0 Å². The largest absolute Gasteiger partial charge is 0.383 e. The summed E-state index contributed by atoms with van der Waals surface area (Å²) in [7, 11) is 1.73. The highest BCUT2D eigenvalue weighted by Gasteiger charge is 2.32. The van der Waals surface area contributed by atoms with Crippen LogP contribution in [0.3, 0.4) is 0 Å². The number of rotatable bonds is 9. The summed E-state index contributed by atoms with van der Waals surface area (Å²) in [5.41, 5.74) is 1.31. The molecule has 2 aromatic rings. The van der Waals surface area contributed by atoms with Crippen LogP contribution in [0.5, 0.6) is 0 Å². The molecule has 0 aromatic carbocycles. The van der Waals surface area contributed by atoms with Gasteiger partial charge in [-0.05, 0) is 57.6 Å². The standard InChI is InChI=1S/C25H34N8O2/c1-18(15-34-2)30-19-3-5-20(6-4-19)31-24-28-11-7-21(32-24)23-27-12-8-22(33-23)29-17-25(16-26)9-13-35-14-10-25/h7-8,11-12,18-19,30H,3-6,9-10,13-15,17H2,1-2H3,(H,27,29,33). The van der Waals surface area contributed by atoms with Crippen molar-refractivity contribution in [2.75, 3.05) is 38.8 Å². The molecule has 2 aromatic heterocycles. The van der Waals surface area contributed by atoms with Crippen molar-refractivity contribution in [3.63, 3.8) is 0 Å². The van der Waals surface area contributed by atoms with Crippen molar-refractivity contribution in [2.24, 2.45) is 10.4 Å². The second-order valence-electron chi connectivity index (χ2n) is 9.34. The molecule has 10 heteroatoms. The molecule has 2 fully saturated rings. The van der Waals surface area contributed by atoms with Crippen LogP contribution in [0.2, 0.25) is 0 Å². The molecule has 3 heterocycles. The number of nitriles is 1. The number of ether oxygens (including phenoxy) is 2. The second kappa shape index (κ2) is 12.1. The van der Waals surface area contributed by atoms with E-state index in [-0.39, 0.29) is 0 Å². The van der Waals surface area contributed by atoms with E-state index < -0.39 is 5.41 Å². The van der Waals surface area contributed by atoms with Crippen LogP contribution in [0.4, 0.5) is 11.8 Å². The lowest BCUT2D eigenvalue weighted by atomic mass is 9.82. The van der Waals surface area contributed by atoms with Crippen LogP contribution in [0.15, 0.2) is 29.5 Å². The van der Waals surface area contributed by atoms with Crippen LogP contribution in [-0.4, -0.2) is 71.2 Å². The maximum atomic E-state index is 9.68. The van der Waals surface area contributed by atoms with Crippen molar-refractivity contribution in [3.8, 4) is 17.6 Å². The Morgan fingerprint density at radius 1 is 1.20 bits per heavy atom. The second-order valence-corrected chi connectivity index (χ2v) is 9.34. The lowest BCUT2D eigenvalue weighted by molar-refractivity contribution is 0.0455. The molecule has 1 unspecified atom stereocenters. The average molecular weight is 479 g/mol. The minimum atomic E-state index is -0.433. The third-order valence-corrected chi connectivity index (χ3v) is 6.58. The van der Waals surface area contributed by atoms with Gasteiger partial charge in [0.05, 0.1) is 18.1 Å². The Bertz CT molecular complexity index is 1040. The minimum absolute atomic E-state index is 0.343. The monoisotopic (exact) mass is 478 g/mol. The molecule has 186 valence electrons. The number of hydrogen-bond acceptors (Lipinski definition) is 10. The lowest BCUT2D eigenvalue weighted by Gasteiger charge is -2.30. The van der Waals surface area contributed by atoms with E-state index in [0.717, 1.165) is 31.4 Å². The van der Waals surface area contributed by atoms with Crippen molar-refractivity contribution in [3.05, 3.63) is 24.5 Å². The summed E-state index contributed by atoms with van der Waals surface area (Å²) < 4.78 is 10.6. The molecule has 0 amide bonds. The Morgan fingerprint density at radius 2 is 1.97 bits per heavy atom. The predicted octanol–water partition coefficient (Wildman–Crippen LogP) is 3.31. The molecule has 1 atom stereocenters. The van der Waals surface area contributed by atoms with Gasteiger partial charge < -0.3 is 20.1 Å². The van der Waals surface area contributed by atoms with Gasteiger partial charge in [-0.1, -0.05) is 0 Å². The van der Waals surface area contributed by atoms with Crippen LogP contribution < -0.4 is 10.6 Å². The van der Waals surface area contributed by atoms with E-state index in [1.165, 1.54) is 0 Å². The summed E-state index contributed by atoms with van der Waals surface area (Å²) in [6.45, 7) is 4.60. The van der Waals surface area contributed by atoms with E-state index in [9.17, 15) is 5.26 Å². The number of nitrogens with zero attached hydrogens (tertiary/aromatic N) is 6. The number of aromatic nitrogens is 4. The van der Waals surface area contributed by atoms with E-state index in [1.54, 1.807) is 31.6 Å². The Morgan fingerprint density at radius 3 is 2.71 bits per heavy atom. The van der Waals surface area contributed by atoms with E-state index >= 15 is 0 Å². The highest BCUT2D eigenvalue weighted by Crippen LogP contribution is 2.30. The zero-order chi connectivity index (χ0) is 24.5. The molecule has 35 heavy (non-hydrogen) atoms. The topological polar surface area (TPSA) is 130 Å². The first-order valence-electron chi connectivity index (χ1n) is 12.3. The predicted molar refractivity (Wildman–Crippen MR) is 133 cm³/mol. The molecule has 0 bridgehead atoms. The fourth-order valence-corrected chi connectivity index (χ4v) is 4.53. The Kier molecular flexibility index (Phi) is 8.69. The molecule has 1 aliphatic carbocycles. The van der Waals surface area contributed by atoms with Gasteiger partial charge in [0, 0.05) is 57.1 Å². The Labute approximate surface area is 206 Å². The number of anilines is 1. The van der Waals surface area contributed by atoms with Gasteiger partial charge in [-0.25, -0.2) is 24.9 Å². The first-order valence-corrected chi connectivity index (χ1v) is 12.3. The van der Waals surface area contributed by atoms with E-state index in [2.05, 4.69) is 43.6 Å². The molecular weight excluding hydrogens is 444 g/mol. The normalized spacial score (nSPS) is 20.6. The number of nitrogens with one attached hydrogen (secondary N) is 2. The molecular formula is C25H34N8O2. The summed E-state index contributed by atoms with van der Waals surface area (Å²) in [6.07, 6.45) is 8.75. The fraction of sp³-hybridized carbons (Fsp3) is 0.600. The van der Waals surface area contributed by atoms with Crippen molar-refractivity contribution >= 4 is 17.5 Å². The smallest absolute Gasteiger partial charge is 0.249 e. The summed E-state index contributed by atoms with van der Waals surface area (Å²) in [6, 6.07) is 6.88. The zero-order valence-corrected chi connectivity index (χ0v) is 20.5. The highest BCUT2D eigenvalue weighted by molar-refractivity contribution is 5.87. The molecule has 10 nitrogen and oxygen atoms in total.